The van der Waals surface area contributed by atoms with E-state index in [1.165, 1.54) is 0 Å². The number of aryl methyl sites for hydroxylation is 2. The Bertz CT molecular complexity index is 824. The van der Waals surface area contributed by atoms with Crippen molar-refractivity contribution in [3.05, 3.63) is 59.2 Å². The SMILES string of the molecule is Cc1cccnc1CN(Cc1ncccc1C)C1CCCCN1C(N)=NC#N. The molecule has 0 saturated carbocycles. The van der Waals surface area contributed by atoms with E-state index in [4.69, 9.17) is 11.0 Å². The number of pyridine rings is 2. The van der Waals surface area contributed by atoms with Crippen LogP contribution in [0.15, 0.2) is 41.7 Å². The van der Waals surface area contributed by atoms with Gasteiger partial charge in [-0.1, -0.05) is 12.1 Å². The zero-order valence-electron chi connectivity index (χ0n) is 16.5. The molecule has 7 nitrogen and oxygen atoms in total. The summed E-state index contributed by atoms with van der Waals surface area (Å²) < 4.78 is 0. The van der Waals surface area contributed by atoms with Crippen LogP contribution in [0, 0.1) is 25.3 Å². The van der Waals surface area contributed by atoms with Crippen LogP contribution in [-0.4, -0.2) is 38.4 Å². The van der Waals surface area contributed by atoms with E-state index >= 15 is 0 Å². The Morgan fingerprint density at radius 2 is 1.79 bits per heavy atom. The molecule has 1 fully saturated rings. The summed E-state index contributed by atoms with van der Waals surface area (Å²) in [4.78, 5) is 17.4. The molecule has 7 heteroatoms. The van der Waals surface area contributed by atoms with Gasteiger partial charge < -0.3 is 10.6 Å². The molecule has 28 heavy (non-hydrogen) atoms. The van der Waals surface area contributed by atoms with Crippen molar-refractivity contribution < 1.29 is 0 Å². The Kier molecular flexibility index (Phi) is 6.56. The van der Waals surface area contributed by atoms with Gasteiger partial charge >= 0.3 is 0 Å². The first-order valence-electron chi connectivity index (χ1n) is 9.64. The van der Waals surface area contributed by atoms with E-state index in [9.17, 15) is 0 Å². The van der Waals surface area contributed by atoms with Crippen molar-refractivity contribution in [2.45, 2.75) is 52.4 Å². The maximum Gasteiger partial charge on any atom is 0.209 e. The second-order valence-electron chi connectivity index (χ2n) is 7.18. The molecule has 1 aliphatic rings. The van der Waals surface area contributed by atoms with Gasteiger partial charge in [-0.05, 0) is 56.4 Å². The molecule has 2 aromatic heterocycles. The molecule has 1 unspecified atom stereocenters. The van der Waals surface area contributed by atoms with E-state index in [0.717, 1.165) is 48.3 Å². The Hall–Kier alpha value is -2.98. The number of nitriles is 1. The van der Waals surface area contributed by atoms with Crippen molar-refractivity contribution in [3.63, 3.8) is 0 Å². The first-order valence-corrected chi connectivity index (χ1v) is 9.64. The van der Waals surface area contributed by atoms with Crippen LogP contribution in [0.2, 0.25) is 0 Å². The monoisotopic (exact) mass is 377 g/mol. The second kappa shape index (κ2) is 9.29. The molecule has 2 aromatic rings. The summed E-state index contributed by atoms with van der Waals surface area (Å²) >= 11 is 0. The zero-order chi connectivity index (χ0) is 19.9. The Morgan fingerprint density at radius 3 is 2.32 bits per heavy atom. The second-order valence-corrected chi connectivity index (χ2v) is 7.18. The molecule has 3 rings (SSSR count). The fourth-order valence-corrected chi connectivity index (χ4v) is 3.70. The van der Waals surface area contributed by atoms with E-state index in [1.54, 1.807) is 0 Å². The summed E-state index contributed by atoms with van der Waals surface area (Å²) in [7, 11) is 0. The molecule has 0 spiro atoms. The number of nitrogens with two attached hydrogens (primary N) is 1. The van der Waals surface area contributed by atoms with E-state index in [2.05, 4.69) is 45.8 Å². The van der Waals surface area contributed by atoms with Crippen LogP contribution in [0.1, 0.15) is 41.8 Å². The molecule has 0 bridgehead atoms. The van der Waals surface area contributed by atoms with Gasteiger partial charge in [-0.25, -0.2) is 0 Å². The van der Waals surface area contributed by atoms with E-state index in [0.29, 0.717) is 13.1 Å². The van der Waals surface area contributed by atoms with Crippen LogP contribution in [0.3, 0.4) is 0 Å². The van der Waals surface area contributed by atoms with Gasteiger partial charge in [-0.2, -0.15) is 5.26 Å². The van der Waals surface area contributed by atoms with Crippen molar-refractivity contribution in [1.29, 1.82) is 5.26 Å². The third-order valence-electron chi connectivity index (χ3n) is 5.29. The molecule has 1 aliphatic heterocycles. The van der Waals surface area contributed by atoms with Gasteiger partial charge in [-0.15, -0.1) is 4.99 Å². The number of guanidine groups is 1. The van der Waals surface area contributed by atoms with Crippen LogP contribution in [0.4, 0.5) is 0 Å². The lowest BCUT2D eigenvalue weighted by Gasteiger charge is -2.43. The number of hydrogen-bond acceptors (Lipinski definition) is 5. The number of nitrogens with zero attached hydrogens (tertiary/aromatic N) is 6. The summed E-state index contributed by atoms with van der Waals surface area (Å²) in [6.07, 6.45) is 8.64. The van der Waals surface area contributed by atoms with Gasteiger partial charge in [0.1, 0.15) is 0 Å². The van der Waals surface area contributed by atoms with Gasteiger partial charge in [-0.3, -0.25) is 14.9 Å². The Morgan fingerprint density at radius 1 is 1.18 bits per heavy atom. The van der Waals surface area contributed by atoms with Crippen molar-refractivity contribution >= 4 is 5.96 Å². The summed E-state index contributed by atoms with van der Waals surface area (Å²) in [6.45, 7) is 6.32. The fourth-order valence-electron chi connectivity index (χ4n) is 3.70. The zero-order valence-corrected chi connectivity index (χ0v) is 16.5. The molecule has 0 radical (unpaired) electrons. The molecule has 1 saturated heterocycles. The third kappa shape index (κ3) is 4.65. The number of likely N-dealkylation sites (tertiary alicyclic amines) is 1. The number of rotatable bonds is 5. The number of piperidine rings is 1. The van der Waals surface area contributed by atoms with Crippen molar-refractivity contribution in [3.8, 4) is 6.19 Å². The first kappa shape index (κ1) is 19.8. The third-order valence-corrected chi connectivity index (χ3v) is 5.29. The topological polar surface area (TPSA) is 94.4 Å². The molecule has 3 heterocycles. The van der Waals surface area contributed by atoms with E-state index in [-0.39, 0.29) is 12.1 Å². The van der Waals surface area contributed by atoms with Crippen LogP contribution in [-0.2, 0) is 13.1 Å². The molecule has 0 aromatic carbocycles. The lowest BCUT2D eigenvalue weighted by Crippen LogP contribution is -2.55. The average Bonchev–Trinajstić information content (AvgIpc) is 2.71. The van der Waals surface area contributed by atoms with Crippen LogP contribution in [0.25, 0.3) is 0 Å². The molecular weight excluding hydrogens is 350 g/mol. The number of aliphatic imine (C=N–C) groups is 1. The van der Waals surface area contributed by atoms with Crippen LogP contribution < -0.4 is 5.73 Å². The van der Waals surface area contributed by atoms with Crippen molar-refractivity contribution in [2.75, 3.05) is 6.54 Å². The van der Waals surface area contributed by atoms with E-state index in [1.807, 2.05) is 35.6 Å². The highest BCUT2D eigenvalue weighted by Gasteiger charge is 2.30. The Balaban J connectivity index is 1.94. The highest BCUT2D eigenvalue weighted by Crippen LogP contribution is 2.24. The molecular formula is C21H27N7. The molecule has 1 atom stereocenters. The molecule has 2 N–H and O–H groups in total. The normalized spacial score (nSPS) is 17.6. The Labute approximate surface area is 166 Å². The van der Waals surface area contributed by atoms with Crippen molar-refractivity contribution in [2.24, 2.45) is 10.7 Å². The number of hydrogen-bond donors (Lipinski definition) is 1. The summed E-state index contributed by atoms with van der Waals surface area (Å²) in [5.41, 5.74) is 10.5. The highest BCUT2D eigenvalue weighted by molar-refractivity contribution is 5.79. The molecule has 0 amide bonds. The first-order chi connectivity index (χ1) is 13.6. The van der Waals surface area contributed by atoms with Gasteiger partial charge in [0.25, 0.3) is 0 Å². The lowest BCUT2D eigenvalue weighted by atomic mass is 10.1. The lowest BCUT2D eigenvalue weighted by molar-refractivity contribution is 0.0450. The summed E-state index contributed by atoms with van der Waals surface area (Å²) in [5.74, 6) is 0.285. The standard InChI is InChI=1S/C21H27N7/c1-16-7-5-10-24-18(16)13-27(14-19-17(2)8-6-11-25-19)20-9-3-4-12-28(20)21(23)26-15-22/h5-8,10-11,20H,3-4,9,12-14H2,1-2H3,(H2,23,26). The average molecular weight is 377 g/mol. The van der Waals surface area contributed by atoms with Gasteiger partial charge in [0, 0.05) is 32.0 Å². The minimum absolute atomic E-state index is 0.0497. The maximum atomic E-state index is 8.96. The van der Waals surface area contributed by atoms with Gasteiger partial charge in [0.15, 0.2) is 0 Å². The number of aromatic nitrogens is 2. The largest absolute Gasteiger partial charge is 0.369 e. The van der Waals surface area contributed by atoms with Crippen LogP contribution in [0.5, 0.6) is 0 Å². The minimum atomic E-state index is 0.0497. The van der Waals surface area contributed by atoms with Gasteiger partial charge in [0.2, 0.25) is 12.2 Å². The molecule has 0 aliphatic carbocycles. The predicted molar refractivity (Wildman–Crippen MR) is 109 cm³/mol. The fraction of sp³-hybridized carbons (Fsp3) is 0.429. The smallest absolute Gasteiger partial charge is 0.209 e. The highest BCUT2D eigenvalue weighted by atomic mass is 15.4. The van der Waals surface area contributed by atoms with E-state index < -0.39 is 0 Å². The minimum Gasteiger partial charge on any atom is -0.369 e. The van der Waals surface area contributed by atoms with Crippen LogP contribution >= 0.6 is 0 Å². The van der Waals surface area contributed by atoms with Crippen molar-refractivity contribution in [1.82, 2.24) is 19.8 Å². The summed E-state index contributed by atoms with van der Waals surface area (Å²) in [5, 5.41) is 8.96. The molecule has 146 valence electrons. The summed E-state index contributed by atoms with van der Waals surface area (Å²) in [6, 6.07) is 8.07. The maximum absolute atomic E-state index is 8.96. The predicted octanol–water partition coefficient (Wildman–Crippen LogP) is 2.70. The van der Waals surface area contributed by atoms with Gasteiger partial charge in [0.05, 0.1) is 17.6 Å². The quantitative estimate of drug-likeness (QED) is 0.489.